The highest BCUT2D eigenvalue weighted by molar-refractivity contribution is 7.99. The topological polar surface area (TPSA) is 109 Å². The highest BCUT2D eigenvalue weighted by Gasteiger charge is 2.32. The number of urea groups is 1. The number of benzene rings is 3. The summed E-state index contributed by atoms with van der Waals surface area (Å²) < 4.78 is 12.8. The van der Waals surface area contributed by atoms with E-state index in [1.165, 1.54) is 6.92 Å². The molecule has 200 valence electrons. The molecule has 3 amide bonds. The third-order valence-corrected chi connectivity index (χ3v) is 7.12. The number of rotatable bonds is 9. The van der Waals surface area contributed by atoms with Crippen LogP contribution >= 0.6 is 11.8 Å². The van der Waals surface area contributed by atoms with Gasteiger partial charge in [0.15, 0.2) is 6.29 Å². The Bertz CT molecular complexity index is 1220. The quantitative estimate of drug-likeness (QED) is 0.265. The van der Waals surface area contributed by atoms with E-state index in [0.29, 0.717) is 24.4 Å². The zero-order chi connectivity index (χ0) is 26.9. The summed E-state index contributed by atoms with van der Waals surface area (Å²) in [4.78, 5) is 24.4. The zero-order valence-electron chi connectivity index (χ0n) is 21.5. The molecule has 0 spiro atoms. The summed E-state index contributed by atoms with van der Waals surface area (Å²) in [6, 6.07) is 22.7. The van der Waals surface area contributed by atoms with Crippen molar-refractivity contribution in [3.63, 3.8) is 0 Å². The van der Waals surface area contributed by atoms with Gasteiger partial charge < -0.3 is 30.5 Å². The van der Waals surface area contributed by atoms with Crippen LogP contribution in [0.3, 0.4) is 0 Å². The number of anilines is 2. The molecule has 38 heavy (non-hydrogen) atoms. The Labute approximate surface area is 227 Å². The predicted molar refractivity (Wildman–Crippen MR) is 149 cm³/mol. The van der Waals surface area contributed by atoms with E-state index in [1.54, 1.807) is 11.8 Å². The standard InChI is InChI=1S/C29H33N3O5S/c1-3-30-29(35)32-24-6-4-5-22(15-24)28-36-25(16-27(37-28)21-9-7-20(17-33)8-10-21)18-38-26-13-11-23(12-14-26)31-19(2)34/h4-15,25,27-28,33H,3,16-18H2,1-2H3,(H,31,34)(H2,30,32,35)/t25-,27+,28?/m0/s1. The minimum Gasteiger partial charge on any atom is -0.392 e. The lowest BCUT2D eigenvalue weighted by Gasteiger charge is -2.36. The third kappa shape index (κ3) is 7.82. The second-order valence-corrected chi connectivity index (χ2v) is 10.1. The molecule has 0 saturated carbocycles. The fourth-order valence-corrected chi connectivity index (χ4v) is 5.07. The molecule has 3 aromatic rings. The minimum absolute atomic E-state index is 0.0110. The molecule has 4 rings (SSSR count). The molecule has 1 heterocycles. The second-order valence-electron chi connectivity index (χ2n) is 8.98. The summed E-state index contributed by atoms with van der Waals surface area (Å²) in [6.07, 6.45) is -0.247. The van der Waals surface area contributed by atoms with E-state index >= 15 is 0 Å². The molecule has 3 atom stereocenters. The van der Waals surface area contributed by atoms with Gasteiger partial charge in [0.2, 0.25) is 5.91 Å². The summed E-state index contributed by atoms with van der Waals surface area (Å²) in [7, 11) is 0. The SMILES string of the molecule is CCNC(=O)Nc1cccc(C2O[C@H](CSc3ccc(NC(C)=O)cc3)C[C@H](c3ccc(CO)cc3)O2)c1. The summed E-state index contributed by atoms with van der Waals surface area (Å²) in [6.45, 7) is 3.87. The fourth-order valence-electron chi connectivity index (χ4n) is 4.15. The predicted octanol–water partition coefficient (Wildman–Crippen LogP) is 5.62. The van der Waals surface area contributed by atoms with Gasteiger partial charge in [-0.05, 0) is 54.4 Å². The molecule has 1 unspecified atom stereocenters. The largest absolute Gasteiger partial charge is 0.392 e. The Morgan fingerprint density at radius 3 is 2.39 bits per heavy atom. The average Bonchev–Trinajstić information content (AvgIpc) is 2.92. The van der Waals surface area contributed by atoms with Crippen molar-refractivity contribution in [2.75, 3.05) is 22.9 Å². The van der Waals surface area contributed by atoms with Crippen LogP contribution in [0.5, 0.6) is 0 Å². The first-order valence-corrected chi connectivity index (χ1v) is 13.6. The number of nitrogens with one attached hydrogen (secondary N) is 3. The van der Waals surface area contributed by atoms with Gasteiger partial charge in [-0.2, -0.15) is 0 Å². The molecule has 4 N–H and O–H groups in total. The minimum atomic E-state index is -0.616. The first kappa shape index (κ1) is 27.7. The van der Waals surface area contributed by atoms with Crippen molar-refractivity contribution in [1.29, 1.82) is 0 Å². The number of ether oxygens (including phenoxy) is 2. The van der Waals surface area contributed by atoms with Gasteiger partial charge in [0.25, 0.3) is 0 Å². The van der Waals surface area contributed by atoms with E-state index in [2.05, 4.69) is 16.0 Å². The molecule has 3 aromatic carbocycles. The molecule has 0 radical (unpaired) electrons. The molecular formula is C29H33N3O5S. The molecule has 1 fully saturated rings. The van der Waals surface area contributed by atoms with E-state index in [-0.39, 0.29) is 30.8 Å². The van der Waals surface area contributed by atoms with Gasteiger partial charge in [-0.25, -0.2) is 4.79 Å². The Morgan fingerprint density at radius 2 is 1.71 bits per heavy atom. The Hall–Kier alpha value is -3.37. The van der Waals surface area contributed by atoms with Crippen molar-refractivity contribution in [3.8, 4) is 0 Å². The number of aliphatic hydroxyl groups excluding tert-OH is 1. The first-order chi connectivity index (χ1) is 18.4. The lowest BCUT2D eigenvalue weighted by Crippen LogP contribution is -2.31. The number of hydrogen-bond donors (Lipinski definition) is 4. The van der Waals surface area contributed by atoms with Gasteiger partial charge in [-0.1, -0.05) is 36.4 Å². The van der Waals surface area contributed by atoms with Crippen LogP contribution in [-0.4, -0.2) is 35.4 Å². The molecule has 9 heteroatoms. The molecular weight excluding hydrogens is 502 g/mol. The van der Waals surface area contributed by atoms with Crippen LogP contribution in [0.15, 0.2) is 77.7 Å². The summed E-state index contributed by atoms with van der Waals surface area (Å²) in [5, 5.41) is 17.8. The molecule has 1 aliphatic heterocycles. The van der Waals surface area contributed by atoms with Crippen molar-refractivity contribution in [3.05, 3.63) is 89.5 Å². The van der Waals surface area contributed by atoms with E-state index in [4.69, 9.17) is 9.47 Å². The van der Waals surface area contributed by atoms with Crippen LogP contribution in [0, 0.1) is 0 Å². The van der Waals surface area contributed by atoms with Crippen LogP contribution in [0.2, 0.25) is 0 Å². The number of carbonyl (C=O) groups excluding carboxylic acids is 2. The number of thioether (sulfide) groups is 1. The maximum absolute atomic E-state index is 12.0. The van der Waals surface area contributed by atoms with E-state index in [1.807, 2.05) is 79.7 Å². The molecule has 0 aromatic heterocycles. The average molecular weight is 536 g/mol. The van der Waals surface area contributed by atoms with Crippen LogP contribution in [0.25, 0.3) is 0 Å². The maximum atomic E-state index is 12.0. The number of hydrogen-bond acceptors (Lipinski definition) is 6. The highest BCUT2D eigenvalue weighted by atomic mass is 32.2. The second kappa shape index (κ2) is 13.4. The van der Waals surface area contributed by atoms with Gasteiger partial charge in [-0.15, -0.1) is 11.8 Å². The molecule has 1 aliphatic rings. The fraction of sp³-hybridized carbons (Fsp3) is 0.310. The first-order valence-electron chi connectivity index (χ1n) is 12.6. The Balaban J connectivity index is 1.50. The van der Waals surface area contributed by atoms with E-state index < -0.39 is 6.29 Å². The van der Waals surface area contributed by atoms with Crippen LogP contribution in [0.4, 0.5) is 16.2 Å². The normalized spacial score (nSPS) is 19.0. The lowest BCUT2D eigenvalue weighted by atomic mass is 10.0. The Kier molecular flexibility index (Phi) is 9.78. The molecule has 0 bridgehead atoms. The maximum Gasteiger partial charge on any atom is 0.319 e. The van der Waals surface area contributed by atoms with Crippen molar-refractivity contribution in [2.45, 2.75) is 50.3 Å². The highest BCUT2D eigenvalue weighted by Crippen LogP contribution is 2.40. The number of amides is 3. The summed E-state index contributed by atoms with van der Waals surface area (Å²) in [5.74, 6) is 0.608. The van der Waals surface area contributed by atoms with E-state index in [9.17, 15) is 14.7 Å². The Morgan fingerprint density at radius 1 is 0.947 bits per heavy atom. The smallest absolute Gasteiger partial charge is 0.319 e. The van der Waals surface area contributed by atoms with Crippen LogP contribution in [0.1, 0.15) is 49.4 Å². The zero-order valence-corrected chi connectivity index (χ0v) is 22.3. The number of carbonyl (C=O) groups is 2. The van der Waals surface area contributed by atoms with Crippen molar-refractivity contribution >= 4 is 35.1 Å². The monoisotopic (exact) mass is 535 g/mol. The number of aliphatic hydroxyl groups is 1. The summed E-state index contributed by atoms with van der Waals surface area (Å²) in [5.41, 5.74) is 4.08. The summed E-state index contributed by atoms with van der Waals surface area (Å²) >= 11 is 1.68. The van der Waals surface area contributed by atoms with Crippen molar-refractivity contribution in [1.82, 2.24) is 5.32 Å². The molecule has 0 aliphatic carbocycles. The van der Waals surface area contributed by atoms with Gasteiger partial charge >= 0.3 is 6.03 Å². The molecule has 8 nitrogen and oxygen atoms in total. The van der Waals surface area contributed by atoms with E-state index in [0.717, 1.165) is 27.3 Å². The lowest BCUT2D eigenvalue weighted by molar-refractivity contribution is -0.245. The van der Waals surface area contributed by atoms with Crippen molar-refractivity contribution in [2.24, 2.45) is 0 Å². The van der Waals surface area contributed by atoms with Gasteiger partial charge in [0.05, 0.1) is 18.8 Å². The van der Waals surface area contributed by atoms with Crippen LogP contribution in [-0.2, 0) is 20.9 Å². The van der Waals surface area contributed by atoms with Crippen molar-refractivity contribution < 1.29 is 24.2 Å². The van der Waals surface area contributed by atoms with Crippen LogP contribution < -0.4 is 16.0 Å². The van der Waals surface area contributed by atoms with Gasteiger partial charge in [-0.3, -0.25) is 4.79 Å². The van der Waals surface area contributed by atoms with Gasteiger partial charge in [0.1, 0.15) is 0 Å². The van der Waals surface area contributed by atoms with Gasteiger partial charge in [0, 0.05) is 47.5 Å². The third-order valence-electron chi connectivity index (χ3n) is 5.98. The molecule has 1 saturated heterocycles.